The molecule has 1 N–H and O–H groups in total. The minimum atomic E-state index is -0.141. The zero-order valence-corrected chi connectivity index (χ0v) is 12.3. The molecule has 0 bridgehead atoms. The van der Waals surface area contributed by atoms with E-state index in [0.717, 1.165) is 42.1 Å². The number of fused-ring (bicyclic) bond motifs is 1. The maximum Gasteiger partial charge on any atom is 0.310 e. The lowest BCUT2D eigenvalue weighted by Crippen LogP contribution is -2.39. The molecule has 1 saturated heterocycles. The van der Waals surface area contributed by atoms with Crippen molar-refractivity contribution in [3.05, 3.63) is 18.2 Å². The van der Waals surface area contributed by atoms with Gasteiger partial charge in [-0.15, -0.1) is 0 Å². The molecule has 1 aromatic carbocycles. The van der Waals surface area contributed by atoms with Crippen molar-refractivity contribution in [3.8, 4) is 5.75 Å². The topological polar surface area (TPSA) is 67.4 Å². The molecule has 1 aliphatic heterocycles. The van der Waals surface area contributed by atoms with Gasteiger partial charge in [-0.2, -0.15) is 0 Å². The molecule has 0 spiro atoms. The first-order valence-electron chi connectivity index (χ1n) is 7.08. The Kier molecular flexibility index (Phi) is 3.68. The van der Waals surface area contributed by atoms with Gasteiger partial charge in [0.1, 0.15) is 5.75 Å². The molecule has 2 aromatic rings. The first-order valence-corrected chi connectivity index (χ1v) is 7.08. The van der Waals surface area contributed by atoms with Gasteiger partial charge in [-0.25, -0.2) is 4.98 Å². The second-order valence-corrected chi connectivity index (χ2v) is 5.25. The summed E-state index contributed by atoms with van der Waals surface area (Å²) in [6.07, 6.45) is 1.83. The van der Waals surface area contributed by atoms with Crippen molar-refractivity contribution in [2.24, 2.45) is 5.92 Å². The van der Waals surface area contributed by atoms with E-state index in [1.54, 1.807) is 7.11 Å². The fraction of sp³-hybridized carbons (Fsp3) is 0.467. The van der Waals surface area contributed by atoms with Crippen LogP contribution in [0.5, 0.6) is 5.75 Å². The van der Waals surface area contributed by atoms with Crippen LogP contribution >= 0.6 is 0 Å². The van der Waals surface area contributed by atoms with Crippen LogP contribution in [-0.4, -0.2) is 43.2 Å². The summed E-state index contributed by atoms with van der Waals surface area (Å²) in [5.41, 5.74) is 1.83. The maximum atomic E-state index is 11.7. The normalized spacial score (nSPS) is 18.8. The number of benzene rings is 1. The maximum absolute atomic E-state index is 11.7. The number of nitrogens with one attached hydrogen (secondary N) is 1. The lowest BCUT2D eigenvalue weighted by atomic mass is 9.98. The summed E-state index contributed by atoms with van der Waals surface area (Å²) < 4.78 is 10.1. The summed E-state index contributed by atoms with van der Waals surface area (Å²) in [5, 5.41) is 0. The van der Waals surface area contributed by atoms with Crippen LogP contribution in [0, 0.1) is 5.92 Å². The third-order valence-electron chi connectivity index (χ3n) is 3.93. The number of H-pyrrole nitrogens is 1. The Labute approximate surface area is 123 Å². The minimum Gasteiger partial charge on any atom is -0.497 e. The molecular formula is C15H19N3O3. The number of aromatic amines is 1. The van der Waals surface area contributed by atoms with Gasteiger partial charge in [0.05, 0.1) is 31.2 Å². The third-order valence-corrected chi connectivity index (χ3v) is 3.93. The van der Waals surface area contributed by atoms with Gasteiger partial charge in [-0.05, 0) is 25.0 Å². The average Bonchev–Trinajstić information content (AvgIpc) is 2.97. The van der Waals surface area contributed by atoms with Gasteiger partial charge >= 0.3 is 5.97 Å². The summed E-state index contributed by atoms with van der Waals surface area (Å²) in [6, 6.07) is 5.74. The summed E-state index contributed by atoms with van der Waals surface area (Å²) in [4.78, 5) is 21.7. The van der Waals surface area contributed by atoms with Gasteiger partial charge in [0.15, 0.2) is 0 Å². The molecule has 0 aliphatic carbocycles. The third kappa shape index (κ3) is 2.66. The number of hydrogen-bond donors (Lipinski definition) is 1. The van der Waals surface area contributed by atoms with E-state index in [1.807, 2.05) is 18.2 Å². The quantitative estimate of drug-likeness (QED) is 0.875. The molecular weight excluding hydrogens is 270 g/mol. The van der Waals surface area contributed by atoms with Gasteiger partial charge < -0.3 is 19.4 Å². The van der Waals surface area contributed by atoms with E-state index >= 15 is 0 Å². The number of piperidine rings is 1. The summed E-state index contributed by atoms with van der Waals surface area (Å²) in [6.45, 7) is 1.54. The summed E-state index contributed by atoms with van der Waals surface area (Å²) in [5.74, 6) is 1.37. The Morgan fingerprint density at radius 3 is 3.05 bits per heavy atom. The van der Waals surface area contributed by atoms with Crippen LogP contribution in [0.1, 0.15) is 12.8 Å². The molecule has 21 heavy (non-hydrogen) atoms. The van der Waals surface area contributed by atoms with Crippen molar-refractivity contribution in [1.29, 1.82) is 0 Å². The highest BCUT2D eigenvalue weighted by Crippen LogP contribution is 2.25. The minimum absolute atomic E-state index is 0.0773. The number of nitrogens with zero attached hydrogens (tertiary/aromatic N) is 2. The van der Waals surface area contributed by atoms with Crippen molar-refractivity contribution in [2.45, 2.75) is 12.8 Å². The summed E-state index contributed by atoms with van der Waals surface area (Å²) in [7, 11) is 3.08. The monoisotopic (exact) mass is 289 g/mol. The molecule has 2 heterocycles. The second-order valence-electron chi connectivity index (χ2n) is 5.25. The lowest BCUT2D eigenvalue weighted by molar-refractivity contribution is -0.145. The van der Waals surface area contributed by atoms with E-state index in [2.05, 4.69) is 14.9 Å². The highest BCUT2D eigenvalue weighted by Gasteiger charge is 2.27. The van der Waals surface area contributed by atoms with Crippen LogP contribution in [0.4, 0.5) is 5.95 Å². The zero-order valence-electron chi connectivity index (χ0n) is 12.3. The van der Waals surface area contributed by atoms with Gasteiger partial charge in [-0.3, -0.25) is 4.79 Å². The number of methoxy groups -OCH3 is 2. The highest BCUT2D eigenvalue weighted by molar-refractivity contribution is 5.79. The first-order chi connectivity index (χ1) is 10.2. The summed E-state index contributed by atoms with van der Waals surface area (Å²) >= 11 is 0. The molecule has 6 nitrogen and oxygen atoms in total. The van der Waals surface area contributed by atoms with Crippen molar-refractivity contribution in [1.82, 2.24) is 9.97 Å². The Morgan fingerprint density at radius 1 is 1.43 bits per heavy atom. The average molecular weight is 289 g/mol. The Balaban J connectivity index is 1.84. The number of aromatic nitrogens is 2. The largest absolute Gasteiger partial charge is 0.497 e. The van der Waals surface area contributed by atoms with E-state index in [0.29, 0.717) is 6.54 Å². The zero-order chi connectivity index (χ0) is 14.8. The van der Waals surface area contributed by atoms with Gasteiger partial charge in [0.2, 0.25) is 5.95 Å². The number of imidazole rings is 1. The molecule has 0 radical (unpaired) electrons. The number of hydrogen-bond acceptors (Lipinski definition) is 5. The molecule has 1 unspecified atom stereocenters. The molecule has 1 atom stereocenters. The van der Waals surface area contributed by atoms with Gasteiger partial charge in [0.25, 0.3) is 0 Å². The molecule has 0 saturated carbocycles. The predicted octanol–water partition coefficient (Wildman–Crippen LogP) is 1.96. The van der Waals surface area contributed by atoms with Gasteiger partial charge in [0, 0.05) is 19.2 Å². The Hall–Kier alpha value is -2.24. The fourth-order valence-electron chi connectivity index (χ4n) is 2.78. The van der Waals surface area contributed by atoms with E-state index in [-0.39, 0.29) is 11.9 Å². The van der Waals surface area contributed by atoms with Crippen LogP contribution in [0.25, 0.3) is 11.0 Å². The molecule has 112 valence electrons. The Morgan fingerprint density at radius 2 is 2.29 bits per heavy atom. The van der Waals surface area contributed by atoms with E-state index in [4.69, 9.17) is 9.47 Å². The predicted molar refractivity (Wildman–Crippen MR) is 79.6 cm³/mol. The standard InChI is InChI=1S/C15H19N3O3/c1-20-11-5-6-12-13(8-11)17-15(16-12)18-7-3-4-10(9-18)14(19)21-2/h5-6,8,10H,3-4,7,9H2,1-2H3,(H,16,17). The van der Waals surface area contributed by atoms with Crippen molar-refractivity contribution >= 4 is 23.0 Å². The number of carbonyl (C=O) groups is 1. The van der Waals surface area contributed by atoms with Crippen LogP contribution in [0.15, 0.2) is 18.2 Å². The fourth-order valence-corrected chi connectivity index (χ4v) is 2.78. The molecule has 0 amide bonds. The number of anilines is 1. The van der Waals surface area contributed by atoms with Crippen molar-refractivity contribution < 1.29 is 14.3 Å². The molecule has 6 heteroatoms. The van der Waals surface area contributed by atoms with Crippen LogP contribution in [0.3, 0.4) is 0 Å². The molecule has 1 fully saturated rings. The van der Waals surface area contributed by atoms with E-state index in [1.165, 1.54) is 7.11 Å². The first kappa shape index (κ1) is 13.7. The number of carbonyl (C=O) groups excluding carboxylic acids is 1. The van der Waals surface area contributed by atoms with E-state index in [9.17, 15) is 4.79 Å². The highest BCUT2D eigenvalue weighted by atomic mass is 16.5. The smallest absolute Gasteiger partial charge is 0.310 e. The number of esters is 1. The van der Waals surface area contributed by atoms with Crippen LogP contribution in [0.2, 0.25) is 0 Å². The number of rotatable bonds is 3. The molecule has 3 rings (SSSR count). The number of ether oxygens (including phenoxy) is 2. The molecule has 1 aliphatic rings. The van der Waals surface area contributed by atoms with Crippen molar-refractivity contribution in [3.63, 3.8) is 0 Å². The Bertz CT molecular complexity index is 653. The van der Waals surface area contributed by atoms with E-state index < -0.39 is 0 Å². The van der Waals surface area contributed by atoms with Crippen LogP contribution in [-0.2, 0) is 9.53 Å². The SMILES string of the molecule is COC(=O)C1CCCN(c2nc3ccc(OC)cc3[nH]2)C1. The van der Waals surface area contributed by atoms with Crippen molar-refractivity contribution in [2.75, 3.05) is 32.2 Å². The van der Waals surface area contributed by atoms with Gasteiger partial charge in [-0.1, -0.05) is 0 Å². The molecule has 1 aromatic heterocycles. The lowest BCUT2D eigenvalue weighted by Gasteiger charge is -2.30. The van der Waals surface area contributed by atoms with Crippen LogP contribution < -0.4 is 9.64 Å². The second kappa shape index (κ2) is 5.63.